The van der Waals surface area contributed by atoms with Crippen LogP contribution in [0.3, 0.4) is 0 Å². The van der Waals surface area contributed by atoms with E-state index in [2.05, 4.69) is 5.32 Å². The fraction of sp³-hybridized carbons (Fsp3) is 0.462. The van der Waals surface area contributed by atoms with Crippen LogP contribution in [0.5, 0.6) is 0 Å². The molecule has 1 aromatic rings. The number of halogens is 2. The molecular weight excluding hydrogens is 256 g/mol. The van der Waals surface area contributed by atoms with E-state index in [1.165, 1.54) is 12.1 Å². The second-order valence-electron chi connectivity index (χ2n) is 5.31. The molecule has 2 unspecified atom stereocenters. The molecule has 6 heteroatoms. The summed E-state index contributed by atoms with van der Waals surface area (Å²) in [6, 6.07) is 2.80. The van der Waals surface area contributed by atoms with Crippen LogP contribution in [0.1, 0.15) is 12.0 Å². The van der Waals surface area contributed by atoms with Gasteiger partial charge < -0.3 is 15.5 Å². The zero-order valence-corrected chi connectivity index (χ0v) is 9.94. The van der Waals surface area contributed by atoms with E-state index in [9.17, 15) is 18.7 Å². The number of aliphatic hydroxyl groups is 1. The van der Waals surface area contributed by atoms with Crippen LogP contribution in [0.4, 0.5) is 8.78 Å². The summed E-state index contributed by atoms with van der Waals surface area (Å²) in [6.07, 6.45) is -0.856. The van der Waals surface area contributed by atoms with E-state index in [4.69, 9.17) is 5.11 Å². The minimum Gasteiger partial charge on any atom is -0.479 e. The smallest absolute Gasteiger partial charge is 0.334 e. The first-order valence-electron chi connectivity index (χ1n) is 6.05. The lowest BCUT2D eigenvalue weighted by Gasteiger charge is -2.15. The van der Waals surface area contributed by atoms with Gasteiger partial charge in [0.15, 0.2) is 6.10 Å². The van der Waals surface area contributed by atoms with Crippen molar-refractivity contribution >= 4 is 5.97 Å². The number of rotatable bonds is 3. The van der Waals surface area contributed by atoms with Gasteiger partial charge in [-0.15, -0.1) is 0 Å². The summed E-state index contributed by atoms with van der Waals surface area (Å²) in [5.74, 6) is -2.67. The standard InChI is InChI=1S/C13H13F2NO3/c14-7-1-6(2-8(15)3-7)13-4-9(13)10(16-5-13)11(17)12(18)19/h1-3,9-11,16-17H,4-5H2,(H,18,19)/t9-,10?,11?,13+/m0/s1. The van der Waals surface area contributed by atoms with Crippen molar-refractivity contribution < 1.29 is 23.8 Å². The van der Waals surface area contributed by atoms with Crippen LogP contribution in [0.15, 0.2) is 18.2 Å². The lowest BCUT2D eigenvalue weighted by Crippen LogP contribution is -2.43. The van der Waals surface area contributed by atoms with Gasteiger partial charge in [-0.2, -0.15) is 0 Å². The zero-order chi connectivity index (χ0) is 13.8. The highest BCUT2D eigenvalue weighted by Gasteiger charge is 2.64. The van der Waals surface area contributed by atoms with Crippen molar-refractivity contribution in [2.75, 3.05) is 6.54 Å². The first-order chi connectivity index (χ1) is 8.94. The molecule has 3 N–H and O–H groups in total. The number of piperidine rings is 1. The Labute approximate surface area is 108 Å². The Hall–Kier alpha value is -1.53. The molecule has 3 rings (SSSR count). The lowest BCUT2D eigenvalue weighted by atomic mass is 9.93. The Morgan fingerprint density at radius 2 is 2.00 bits per heavy atom. The third kappa shape index (κ3) is 1.82. The number of carboxylic acid groups (broad SMARTS) is 1. The van der Waals surface area contributed by atoms with Crippen LogP contribution >= 0.6 is 0 Å². The van der Waals surface area contributed by atoms with Crippen molar-refractivity contribution in [1.82, 2.24) is 5.32 Å². The molecule has 1 heterocycles. The van der Waals surface area contributed by atoms with Gasteiger partial charge in [-0.25, -0.2) is 13.6 Å². The molecule has 1 saturated carbocycles. The predicted molar refractivity (Wildman–Crippen MR) is 61.6 cm³/mol. The molecule has 0 aromatic heterocycles. The average Bonchev–Trinajstić information content (AvgIpc) is 2.95. The summed E-state index contributed by atoms with van der Waals surface area (Å²) in [6.45, 7) is 0.426. The summed E-state index contributed by atoms with van der Waals surface area (Å²) < 4.78 is 26.5. The summed E-state index contributed by atoms with van der Waals surface area (Å²) in [5, 5.41) is 21.3. The lowest BCUT2D eigenvalue weighted by molar-refractivity contribution is -0.148. The monoisotopic (exact) mass is 269 g/mol. The maximum atomic E-state index is 13.2. The number of carbonyl (C=O) groups is 1. The predicted octanol–water partition coefficient (Wildman–Crippen LogP) is 0.640. The molecule has 4 atom stereocenters. The fourth-order valence-electron chi connectivity index (χ4n) is 3.21. The number of carboxylic acids is 1. The van der Waals surface area contributed by atoms with Crippen molar-refractivity contribution in [3.05, 3.63) is 35.4 Å². The molecule has 19 heavy (non-hydrogen) atoms. The number of fused-ring (bicyclic) bond motifs is 1. The van der Waals surface area contributed by atoms with Crippen molar-refractivity contribution in [1.29, 1.82) is 0 Å². The molecule has 0 spiro atoms. The average molecular weight is 269 g/mol. The normalized spacial score (nSPS) is 33.8. The Kier molecular flexibility index (Phi) is 2.62. The largest absolute Gasteiger partial charge is 0.479 e. The topological polar surface area (TPSA) is 69.6 Å². The van der Waals surface area contributed by atoms with E-state index in [-0.39, 0.29) is 5.92 Å². The molecule has 1 saturated heterocycles. The molecule has 1 aliphatic carbocycles. The SMILES string of the molecule is O=C(O)C(O)C1NC[C@@]2(c3cc(F)cc(F)c3)C[C@@H]12. The van der Waals surface area contributed by atoms with Crippen molar-refractivity contribution in [2.45, 2.75) is 24.0 Å². The van der Waals surface area contributed by atoms with Gasteiger partial charge in [0.25, 0.3) is 0 Å². The molecule has 2 fully saturated rings. The van der Waals surface area contributed by atoms with Crippen LogP contribution in [0.2, 0.25) is 0 Å². The second-order valence-corrected chi connectivity index (χ2v) is 5.31. The first kappa shape index (κ1) is 12.5. The maximum Gasteiger partial charge on any atom is 0.334 e. The molecule has 0 amide bonds. The highest BCUT2D eigenvalue weighted by molar-refractivity contribution is 5.73. The van der Waals surface area contributed by atoms with Crippen molar-refractivity contribution in [3.8, 4) is 0 Å². The minimum atomic E-state index is -1.49. The molecule has 4 nitrogen and oxygen atoms in total. The minimum absolute atomic E-state index is 0.0974. The summed E-state index contributed by atoms with van der Waals surface area (Å²) in [7, 11) is 0. The van der Waals surface area contributed by atoms with Crippen LogP contribution in [-0.4, -0.2) is 34.9 Å². The molecular formula is C13H13F2NO3. The van der Waals surface area contributed by atoms with Gasteiger partial charge in [0, 0.05) is 24.1 Å². The molecule has 2 aliphatic rings. The molecule has 102 valence electrons. The highest BCUT2D eigenvalue weighted by Crippen LogP contribution is 2.59. The Morgan fingerprint density at radius 1 is 1.37 bits per heavy atom. The Balaban J connectivity index is 1.87. The maximum absolute atomic E-state index is 13.2. The van der Waals surface area contributed by atoms with Gasteiger partial charge in [-0.05, 0) is 30.0 Å². The Morgan fingerprint density at radius 3 is 2.53 bits per heavy atom. The van der Waals surface area contributed by atoms with Crippen molar-refractivity contribution in [3.63, 3.8) is 0 Å². The quantitative estimate of drug-likeness (QED) is 0.753. The van der Waals surface area contributed by atoms with E-state index < -0.39 is 35.2 Å². The molecule has 0 radical (unpaired) electrons. The summed E-state index contributed by atoms with van der Waals surface area (Å²) in [5.41, 5.74) is 0.0897. The highest BCUT2D eigenvalue weighted by atomic mass is 19.1. The van der Waals surface area contributed by atoms with Crippen LogP contribution < -0.4 is 5.32 Å². The van der Waals surface area contributed by atoms with Crippen LogP contribution in [0.25, 0.3) is 0 Å². The van der Waals surface area contributed by atoms with E-state index in [0.29, 0.717) is 18.5 Å². The van der Waals surface area contributed by atoms with E-state index >= 15 is 0 Å². The van der Waals surface area contributed by atoms with Gasteiger partial charge >= 0.3 is 5.97 Å². The van der Waals surface area contributed by atoms with Gasteiger partial charge in [-0.3, -0.25) is 0 Å². The number of aliphatic hydroxyl groups excluding tert-OH is 1. The van der Waals surface area contributed by atoms with Crippen LogP contribution in [0, 0.1) is 17.6 Å². The molecule has 1 aliphatic heterocycles. The second kappa shape index (κ2) is 3.98. The zero-order valence-electron chi connectivity index (χ0n) is 9.94. The van der Waals surface area contributed by atoms with E-state index in [1.54, 1.807) is 0 Å². The Bertz CT molecular complexity index is 530. The van der Waals surface area contributed by atoms with Gasteiger partial charge in [0.2, 0.25) is 0 Å². The molecule has 0 bridgehead atoms. The number of hydrogen-bond donors (Lipinski definition) is 3. The third-order valence-corrected chi connectivity index (χ3v) is 4.25. The number of benzene rings is 1. The van der Waals surface area contributed by atoms with Gasteiger partial charge in [0.05, 0.1) is 0 Å². The number of nitrogens with one attached hydrogen (secondary N) is 1. The van der Waals surface area contributed by atoms with Gasteiger partial charge in [0.1, 0.15) is 11.6 Å². The summed E-state index contributed by atoms with van der Waals surface area (Å²) >= 11 is 0. The van der Waals surface area contributed by atoms with E-state index in [1.807, 2.05) is 0 Å². The van der Waals surface area contributed by atoms with Gasteiger partial charge in [-0.1, -0.05) is 0 Å². The van der Waals surface area contributed by atoms with Crippen molar-refractivity contribution in [2.24, 2.45) is 5.92 Å². The van der Waals surface area contributed by atoms with Crippen LogP contribution in [-0.2, 0) is 10.2 Å². The molecule has 1 aromatic carbocycles. The number of aliphatic carboxylic acids is 1. The third-order valence-electron chi connectivity index (χ3n) is 4.25. The van der Waals surface area contributed by atoms with E-state index in [0.717, 1.165) is 6.07 Å². The number of hydrogen-bond acceptors (Lipinski definition) is 3. The fourth-order valence-corrected chi connectivity index (χ4v) is 3.21. The first-order valence-corrected chi connectivity index (χ1v) is 6.05. The summed E-state index contributed by atoms with van der Waals surface area (Å²) in [4.78, 5) is 10.8.